The van der Waals surface area contributed by atoms with Crippen molar-refractivity contribution < 1.29 is 4.92 Å². The summed E-state index contributed by atoms with van der Waals surface area (Å²) in [7, 11) is 0. The van der Waals surface area contributed by atoms with Crippen LogP contribution in [0.4, 0.5) is 11.4 Å². The van der Waals surface area contributed by atoms with E-state index >= 15 is 0 Å². The van der Waals surface area contributed by atoms with Crippen molar-refractivity contribution in [1.82, 2.24) is 4.57 Å². The minimum Gasteiger partial charge on any atom is -0.393 e. The standard InChI is InChI=1S/C11H8ClN3O3/c12-8-5-11(15(17)18)9(13)6-10(8)14-3-1-7(16)2-4-14/h1-6H,13H2. The maximum absolute atomic E-state index is 11.0. The largest absolute Gasteiger partial charge is 0.393 e. The van der Waals surface area contributed by atoms with E-state index in [2.05, 4.69) is 0 Å². The van der Waals surface area contributed by atoms with Gasteiger partial charge in [0.15, 0.2) is 5.43 Å². The number of benzene rings is 1. The number of aromatic nitrogens is 1. The van der Waals surface area contributed by atoms with Gasteiger partial charge in [-0.3, -0.25) is 14.9 Å². The molecular formula is C11H8ClN3O3. The Labute approximate surface area is 106 Å². The van der Waals surface area contributed by atoms with Crippen LogP contribution in [-0.4, -0.2) is 9.49 Å². The highest BCUT2D eigenvalue weighted by atomic mass is 35.5. The molecule has 0 radical (unpaired) electrons. The third-order valence-electron chi connectivity index (χ3n) is 2.37. The van der Waals surface area contributed by atoms with Gasteiger partial charge < -0.3 is 10.3 Å². The summed E-state index contributed by atoms with van der Waals surface area (Å²) in [4.78, 5) is 21.1. The molecule has 1 aromatic heterocycles. The molecule has 92 valence electrons. The molecule has 0 aliphatic rings. The maximum Gasteiger partial charge on any atom is 0.293 e. The third kappa shape index (κ3) is 2.18. The van der Waals surface area contributed by atoms with Crippen molar-refractivity contribution >= 4 is 23.0 Å². The number of anilines is 1. The highest BCUT2D eigenvalue weighted by Gasteiger charge is 2.15. The summed E-state index contributed by atoms with van der Waals surface area (Å²) >= 11 is 5.96. The molecule has 18 heavy (non-hydrogen) atoms. The van der Waals surface area contributed by atoms with Crippen molar-refractivity contribution in [3.05, 3.63) is 62.0 Å². The molecule has 6 nitrogen and oxygen atoms in total. The van der Waals surface area contributed by atoms with Gasteiger partial charge in [-0.2, -0.15) is 0 Å². The predicted molar refractivity (Wildman–Crippen MR) is 68.1 cm³/mol. The van der Waals surface area contributed by atoms with Crippen molar-refractivity contribution in [2.75, 3.05) is 5.73 Å². The predicted octanol–water partition coefficient (Wildman–Crippen LogP) is 1.98. The van der Waals surface area contributed by atoms with Crippen LogP contribution in [0.5, 0.6) is 0 Å². The molecule has 1 heterocycles. The van der Waals surface area contributed by atoms with Gasteiger partial charge in [0, 0.05) is 30.6 Å². The van der Waals surface area contributed by atoms with E-state index in [4.69, 9.17) is 17.3 Å². The number of nitrogens with two attached hydrogens (primary N) is 1. The van der Waals surface area contributed by atoms with Crippen LogP contribution in [0.3, 0.4) is 0 Å². The van der Waals surface area contributed by atoms with Crippen molar-refractivity contribution in [2.45, 2.75) is 0 Å². The summed E-state index contributed by atoms with van der Waals surface area (Å²) in [6, 6.07) is 5.29. The second-order valence-electron chi connectivity index (χ2n) is 3.56. The van der Waals surface area contributed by atoms with Crippen molar-refractivity contribution in [3.8, 4) is 5.69 Å². The molecule has 7 heteroatoms. The number of pyridine rings is 1. The van der Waals surface area contributed by atoms with E-state index in [1.54, 1.807) is 4.57 Å². The van der Waals surface area contributed by atoms with Crippen molar-refractivity contribution in [1.29, 1.82) is 0 Å². The van der Waals surface area contributed by atoms with Crippen LogP contribution in [0, 0.1) is 10.1 Å². The van der Waals surface area contributed by atoms with Gasteiger partial charge in [-0.25, -0.2) is 0 Å². The fraction of sp³-hybridized carbons (Fsp3) is 0. The SMILES string of the molecule is Nc1cc(-n2ccc(=O)cc2)c(Cl)cc1[N+](=O)[O-]. The van der Waals surface area contributed by atoms with Gasteiger partial charge in [0.1, 0.15) is 5.69 Å². The van der Waals surface area contributed by atoms with Crippen LogP contribution in [0.25, 0.3) is 5.69 Å². The Balaban J connectivity index is 2.59. The lowest BCUT2D eigenvalue weighted by Gasteiger charge is -2.09. The Morgan fingerprint density at radius 2 is 1.89 bits per heavy atom. The van der Waals surface area contributed by atoms with Crippen LogP contribution in [0.2, 0.25) is 5.02 Å². The third-order valence-corrected chi connectivity index (χ3v) is 2.67. The minimum absolute atomic E-state index is 0.0121. The number of nitrogen functional groups attached to an aromatic ring is 1. The zero-order valence-electron chi connectivity index (χ0n) is 9.04. The highest BCUT2D eigenvalue weighted by Crippen LogP contribution is 2.30. The zero-order chi connectivity index (χ0) is 13.3. The Morgan fingerprint density at radius 3 is 2.44 bits per heavy atom. The molecule has 0 fully saturated rings. The molecule has 0 saturated carbocycles. The molecule has 0 amide bonds. The Kier molecular flexibility index (Phi) is 3.03. The normalized spacial score (nSPS) is 10.3. The molecule has 1 aromatic carbocycles. The lowest BCUT2D eigenvalue weighted by atomic mass is 10.2. The zero-order valence-corrected chi connectivity index (χ0v) is 9.79. The second-order valence-corrected chi connectivity index (χ2v) is 3.97. The molecule has 0 atom stereocenters. The van der Waals surface area contributed by atoms with Crippen LogP contribution < -0.4 is 11.2 Å². The molecule has 0 unspecified atom stereocenters. The van der Waals surface area contributed by atoms with Gasteiger partial charge >= 0.3 is 0 Å². The van der Waals surface area contributed by atoms with Gasteiger partial charge in [-0.1, -0.05) is 11.6 Å². The van der Waals surface area contributed by atoms with E-state index in [1.165, 1.54) is 36.7 Å². The minimum atomic E-state index is -0.601. The quantitative estimate of drug-likeness (QED) is 0.510. The van der Waals surface area contributed by atoms with Gasteiger partial charge in [0.2, 0.25) is 0 Å². The number of halogens is 1. The first-order valence-corrected chi connectivity index (χ1v) is 5.29. The average molecular weight is 266 g/mol. The average Bonchev–Trinajstić information content (AvgIpc) is 2.32. The van der Waals surface area contributed by atoms with E-state index in [1.807, 2.05) is 0 Å². The molecule has 2 rings (SSSR count). The first-order valence-electron chi connectivity index (χ1n) is 4.91. The van der Waals surface area contributed by atoms with Crippen molar-refractivity contribution in [3.63, 3.8) is 0 Å². The number of rotatable bonds is 2. The first-order chi connectivity index (χ1) is 8.49. The summed E-state index contributed by atoms with van der Waals surface area (Å²) in [5.41, 5.74) is 5.68. The Bertz CT molecular complexity index is 661. The first kappa shape index (κ1) is 12.1. The van der Waals surface area contributed by atoms with E-state index in [-0.39, 0.29) is 21.8 Å². The molecule has 0 aliphatic carbocycles. The van der Waals surface area contributed by atoms with Gasteiger partial charge in [0.05, 0.1) is 15.6 Å². The van der Waals surface area contributed by atoms with Crippen LogP contribution >= 0.6 is 11.6 Å². The second kappa shape index (κ2) is 4.50. The Hall–Kier alpha value is -2.34. The van der Waals surface area contributed by atoms with Crippen LogP contribution in [-0.2, 0) is 0 Å². The number of hydrogen-bond donors (Lipinski definition) is 1. The monoisotopic (exact) mass is 265 g/mol. The number of nitro benzene ring substituents is 1. The van der Waals surface area contributed by atoms with Crippen LogP contribution in [0.1, 0.15) is 0 Å². The fourth-order valence-electron chi connectivity index (χ4n) is 1.50. The molecule has 0 spiro atoms. The van der Waals surface area contributed by atoms with E-state index in [9.17, 15) is 14.9 Å². The topological polar surface area (TPSA) is 91.2 Å². The maximum atomic E-state index is 11.0. The summed E-state index contributed by atoms with van der Waals surface area (Å²) < 4.78 is 1.56. The summed E-state index contributed by atoms with van der Waals surface area (Å²) in [6.45, 7) is 0. The molecular weight excluding hydrogens is 258 g/mol. The summed E-state index contributed by atoms with van der Waals surface area (Å²) in [6.07, 6.45) is 3.02. The fourth-order valence-corrected chi connectivity index (χ4v) is 1.75. The van der Waals surface area contributed by atoms with Crippen LogP contribution in [0.15, 0.2) is 41.5 Å². The van der Waals surface area contributed by atoms with E-state index in [0.29, 0.717) is 5.69 Å². The lowest BCUT2D eigenvalue weighted by Crippen LogP contribution is -2.04. The molecule has 0 aliphatic heterocycles. The smallest absolute Gasteiger partial charge is 0.293 e. The molecule has 2 N–H and O–H groups in total. The molecule has 0 bridgehead atoms. The van der Waals surface area contributed by atoms with E-state index in [0.717, 1.165) is 0 Å². The summed E-state index contributed by atoms with van der Waals surface area (Å²) in [5.74, 6) is 0. The van der Waals surface area contributed by atoms with E-state index < -0.39 is 4.92 Å². The Morgan fingerprint density at radius 1 is 1.28 bits per heavy atom. The molecule has 0 saturated heterocycles. The number of hydrogen-bond acceptors (Lipinski definition) is 4. The number of nitrogens with zero attached hydrogens (tertiary/aromatic N) is 2. The summed E-state index contributed by atoms with van der Waals surface area (Å²) in [5, 5.41) is 10.9. The number of nitro groups is 1. The van der Waals surface area contributed by atoms with Gasteiger partial charge in [-0.15, -0.1) is 0 Å². The van der Waals surface area contributed by atoms with Gasteiger partial charge in [0.25, 0.3) is 5.69 Å². The highest BCUT2D eigenvalue weighted by molar-refractivity contribution is 6.32. The molecule has 2 aromatic rings. The van der Waals surface area contributed by atoms with Gasteiger partial charge in [-0.05, 0) is 6.07 Å². The lowest BCUT2D eigenvalue weighted by molar-refractivity contribution is -0.383. The van der Waals surface area contributed by atoms with Crippen molar-refractivity contribution in [2.24, 2.45) is 0 Å².